The lowest BCUT2D eigenvalue weighted by atomic mass is 10.2. The largest absolute Gasteiger partial charge is 0.310 e. The van der Waals surface area contributed by atoms with Crippen LogP contribution in [0.4, 0.5) is 10.1 Å². The molecule has 3 nitrogen and oxygen atoms in total. The first-order valence-electron chi connectivity index (χ1n) is 4.80. The van der Waals surface area contributed by atoms with Crippen LogP contribution in [0.5, 0.6) is 0 Å². The normalized spacial score (nSPS) is 20.6. The van der Waals surface area contributed by atoms with Gasteiger partial charge in [0.1, 0.15) is 4.60 Å². The van der Waals surface area contributed by atoms with E-state index in [9.17, 15) is 9.18 Å². The van der Waals surface area contributed by atoms with Crippen molar-refractivity contribution in [2.24, 2.45) is 5.92 Å². The molecule has 2 rings (SSSR count). The third-order valence-electron chi connectivity index (χ3n) is 2.51. The molecule has 1 unspecified atom stereocenters. The van der Waals surface area contributed by atoms with Gasteiger partial charge >= 0.3 is 0 Å². The second-order valence-corrected chi connectivity index (χ2v) is 5.07. The van der Waals surface area contributed by atoms with E-state index in [1.54, 1.807) is 11.0 Å². The first-order valence-corrected chi connectivity index (χ1v) is 6.71. The van der Waals surface area contributed by atoms with Gasteiger partial charge in [-0.1, -0.05) is 15.9 Å². The lowest BCUT2D eigenvalue weighted by Gasteiger charge is -2.17. The van der Waals surface area contributed by atoms with Crippen LogP contribution >= 0.6 is 31.9 Å². The maximum atomic E-state index is 12.8. The number of rotatable bonds is 2. The van der Waals surface area contributed by atoms with E-state index in [1.165, 1.54) is 6.07 Å². The standard InChI is InChI=1S/C10H9Br2FN2O/c11-4-6-3-9(16)15(5-6)7-1-2-8(13)14-10(7)12/h1-2,6H,3-5H2. The molecule has 1 amide bonds. The Kier molecular flexibility index (Phi) is 3.59. The number of hydrogen-bond donors (Lipinski definition) is 0. The SMILES string of the molecule is O=C1CC(CBr)CN1c1ccc(F)nc1Br. The molecule has 1 aliphatic heterocycles. The molecule has 0 radical (unpaired) electrons. The Morgan fingerprint density at radius 2 is 2.31 bits per heavy atom. The molecule has 0 aromatic carbocycles. The van der Waals surface area contributed by atoms with Crippen LogP contribution in [0.1, 0.15) is 6.42 Å². The molecule has 1 aromatic heterocycles. The Labute approximate surface area is 109 Å². The van der Waals surface area contributed by atoms with Crippen LogP contribution in [-0.2, 0) is 4.79 Å². The third-order valence-corrected chi connectivity index (χ3v) is 4.01. The van der Waals surface area contributed by atoms with Gasteiger partial charge in [0.2, 0.25) is 11.9 Å². The summed E-state index contributed by atoms with van der Waals surface area (Å²) < 4.78 is 13.2. The summed E-state index contributed by atoms with van der Waals surface area (Å²) in [6.45, 7) is 0.649. The van der Waals surface area contributed by atoms with Crippen molar-refractivity contribution >= 4 is 43.5 Å². The fraction of sp³-hybridized carbons (Fsp3) is 0.400. The quantitative estimate of drug-likeness (QED) is 0.606. The van der Waals surface area contributed by atoms with E-state index in [0.29, 0.717) is 29.2 Å². The van der Waals surface area contributed by atoms with E-state index in [-0.39, 0.29) is 5.91 Å². The summed E-state index contributed by atoms with van der Waals surface area (Å²) >= 11 is 6.54. The van der Waals surface area contributed by atoms with Gasteiger partial charge in [-0.3, -0.25) is 4.79 Å². The molecule has 0 spiro atoms. The van der Waals surface area contributed by atoms with Gasteiger partial charge in [-0.2, -0.15) is 4.39 Å². The molecule has 6 heteroatoms. The smallest absolute Gasteiger partial charge is 0.227 e. The van der Waals surface area contributed by atoms with Crippen LogP contribution in [-0.4, -0.2) is 22.8 Å². The van der Waals surface area contributed by atoms with Crippen molar-refractivity contribution in [3.63, 3.8) is 0 Å². The summed E-state index contributed by atoms with van der Waals surface area (Å²) in [5, 5.41) is 0.793. The monoisotopic (exact) mass is 350 g/mol. The number of amides is 1. The van der Waals surface area contributed by atoms with Crippen molar-refractivity contribution in [2.75, 3.05) is 16.8 Å². The number of anilines is 1. The van der Waals surface area contributed by atoms with Crippen LogP contribution in [0.15, 0.2) is 16.7 Å². The van der Waals surface area contributed by atoms with E-state index in [4.69, 9.17) is 0 Å². The van der Waals surface area contributed by atoms with Gasteiger partial charge in [-0.15, -0.1) is 0 Å². The highest BCUT2D eigenvalue weighted by Crippen LogP contribution is 2.30. The van der Waals surface area contributed by atoms with Crippen LogP contribution in [0.2, 0.25) is 0 Å². The number of aromatic nitrogens is 1. The maximum absolute atomic E-state index is 12.8. The van der Waals surface area contributed by atoms with Crippen LogP contribution < -0.4 is 4.90 Å². The van der Waals surface area contributed by atoms with Crippen LogP contribution in [0.3, 0.4) is 0 Å². The Balaban J connectivity index is 2.28. The van der Waals surface area contributed by atoms with Gasteiger partial charge in [-0.05, 0) is 34.0 Å². The summed E-state index contributed by atoms with van der Waals surface area (Å²) in [5.74, 6) is -0.192. The van der Waals surface area contributed by atoms with Crippen molar-refractivity contribution in [2.45, 2.75) is 6.42 Å². The highest BCUT2D eigenvalue weighted by molar-refractivity contribution is 9.10. The van der Waals surface area contributed by atoms with Crippen LogP contribution in [0.25, 0.3) is 0 Å². The molecule has 86 valence electrons. The minimum Gasteiger partial charge on any atom is -0.310 e. The van der Waals surface area contributed by atoms with Gasteiger partial charge in [0, 0.05) is 18.3 Å². The molecule has 1 saturated heterocycles. The predicted octanol–water partition coefficient (Wildman–Crippen LogP) is 2.73. The minimum absolute atomic E-state index is 0.0542. The number of hydrogen-bond acceptors (Lipinski definition) is 2. The average Bonchev–Trinajstić information content (AvgIpc) is 2.60. The van der Waals surface area contributed by atoms with Crippen molar-refractivity contribution < 1.29 is 9.18 Å². The molecule has 16 heavy (non-hydrogen) atoms. The van der Waals surface area contributed by atoms with Crippen LogP contribution in [0, 0.1) is 11.9 Å². The second-order valence-electron chi connectivity index (χ2n) is 3.67. The van der Waals surface area contributed by atoms with Gasteiger partial charge in [0.05, 0.1) is 5.69 Å². The zero-order valence-corrected chi connectivity index (χ0v) is 11.5. The lowest BCUT2D eigenvalue weighted by Crippen LogP contribution is -2.25. The van der Waals surface area contributed by atoms with Gasteiger partial charge in [-0.25, -0.2) is 4.98 Å². The molecule has 2 heterocycles. The van der Waals surface area contributed by atoms with Crippen molar-refractivity contribution in [1.29, 1.82) is 0 Å². The number of nitrogens with zero attached hydrogens (tertiary/aromatic N) is 2. The van der Waals surface area contributed by atoms with Gasteiger partial charge in [0.15, 0.2) is 0 Å². The topological polar surface area (TPSA) is 33.2 Å². The molecule has 1 atom stereocenters. The number of carbonyl (C=O) groups is 1. The summed E-state index contributed by atoms with van der Waals surface area (Å²) in [7, 11) is 0. The average molecular weight is 352 g/mol. The van der Waals surface area contributed by atoms with Gasteiger partial charge < -0.3 is 4.90 Å². The van der Waals surface area contributed by atoms with Crippen molar-refractivity contribution in [3.8, 4) is 0 Å². The zero-order valence-electron chi connectivity index (χ0n) is 8.29. The van der Waals surface area contributed by atoms with E-state index in [2.05, 4.69) is 36.8 Å². The summed E-state index contributed by atoms with van der Waals surface area (Å²) in [6.07, 6.45) is 0.523. The fourth-order valence-electron chi connectivity index (χ4n) is 1.72. The second kappa shape index (κ2) is 4.79. The molecular weight excluding hydrogens is 343 g/mol. The van der Waals surface area contributed by atoms with Crippen molar-refractivity contribution in [1.82, 2.24) is 4.98 Å². The summed E-state index contributed by atoms with van der Waals surface area (Å²) in [6, 6.07) is 2.83. The van der Waals surface area contributed by atoms with E-state index < -0.39 is 5.95 Å². The molecule has 1 aromatic rings. The van der Waals surface area contributed by atoms with Crippen molar-refractivity contribution in [3.05, 3.63) is 22.7 Å². The first-order chi connectivity index (χ1) is 7.61. The molecule has 0 N–H and O–H groups in total. The minimum atomic E-state index is -0.556. The number of carbonyl (C=O) groups excluding carboxylic acids is 1. The number of pyridine rings is 1. The fourth-order valence-corrected chi connectivity index (χ4v) is 2.67. The molecule has 0 saturated carbocycles. The maximum Gasteiger partial charge on any atom is 0.227 e. The number of halogens is 3. The molecular formula is C10H9Br2FN2O. The predicted molar refractivity (Wildman–Crippen MR) is 66.1 cm³/mol. The highest BCUT2D eigenvalue weighted by Gasteiger charge is 2.31. The highest BCUT2D eigenvalue weighted by atomic mass is 79.9. The summed E-state index contributed by atoms with van der Waals surface area (Å²) in [4.78, 5) is 17.0. The Morgan fingerprint density at radius 3 is 2.88 bits per heavy atom. The Bertz CT molecular complexity index is 427. The number of alkyl halides is 1. The van der Waals surface area contributed by atoms with E-state index >= 15 is 0 Å². The lowest BCUT2D eigenvalue weighted by molar-refractivity contribution is -0.117. The Hall–Kier alpha value is -0.490. The molecule has 1 fully saturated rings. The molecule has 0 bridgehead atoms. The van der Waals surface area contributed by atoms with E-state index in [1.807, 2.05) is 0 Å². The molecule has 1 aliphatic rings. The third kappa shape index (κ3) is 2.27. The van der Waals surface area contributed by atoms with Gasteiger partial charge in [0.25, 0.3) is 0 Å². The zero-order chi connectivity index (χ0) is 11.7. The Morgan fingerprint density at radius 1 is 1.56 bits per heavy atom. The molecule has 0 aliphatic carbocycles. The van der Waals surface area contributed by atoms with E-state index in [0.717, 1.165) is 5.33 Å². The first kappa shape index (κ1) is 12.0. The summed E-state index contributed by atoms with van der Waals surface area (Å²) in [5.41, 5.74) is 0.634.